The van der Waals surface area contributed by atoms with Crippen molar-refractivity contribution >= 4 is 18.0 Å². The molecule has 1 aliphatic carbocycles. The summed E-state index contributed by atoms with van der Waals surface area (Å²) in [6.07, 6.45) is 0.204. The highest BCUT2D eigenvalue weighted by molar-refractivity contribution is 5.80. The third kappa shape index (κ3) is 4.87. The number of fused-ring (bicyclic) bond motifs is 3. The summed E-state index contributed by atoms with van der Waals surface area (Å²) in [6.45, 7) is 4.63. The molecule has 7 heteroatoms. The van der Waals surface area contributed by atoms with Crippen molar-refractivity contribution in [2.45, 2.75) is 38.6 Å². The Morgan fingerprint density at radius 2 is 1.70 bits per heavy atom. The Hall–Kier alpha value is -3.35. The van der Waals surface area contributed by atoms with Gasteiger partial charge in [-0.05, 0) is 41.5 Å². The number of aliphatic carboxylic acids is 1. The molecule has 1 heterocycles. The fourth-order valence-electron chi connectivity index (χ4n) is 4.90. The van der Waals surface area contributed by atoms with E-state index in [2.05, 4.69) is 29.6 Å². The Bertz CT molecular complexity index is 1010. The number of carboxylic acids is 1. The lowest BCUT2D eigenvalue weighted by Crippen LogP contribution is -2.47. The first-order valence-electron chi connectivity index (χ1n) is 11.5. The number of rotatable bonds is 6. The molecule has 3 atom stereocenters. The Labute approximate surface area is 193 Å². The second-order valence-corrected chi connectivity index (χ2v) is 9.13. The van der Waals surface area contributed by atoms with Crippen molar-refractivity contribution in [2.24, 2.45) is 11.8 Å². The maximum atomic E-state index is 12.6. The number of benzene rings is 2. The molecule has 4 rings (SSSR count). The van der Waals surface area contributed by atoms with Crippen molar-refractivity contribution in [3.8, 4) is 11.1 Å². The number of hydrogen-bond acceptors (Lipinski definition) is 4. The standard InChI is InChI=1S/C26H30N2O5/c1-16-11-12-28(14-22(16)25(30)31)24(29)13-17(2)27-26(32)33-15-23-20-9-5-3-7-18(20)19-8-4-6-10-21(19)23/h3-10,16-17,22-23H,11-15H2,1-2H3,(H,27,32)(H,30,31)/t16?,17-,22?/m1/s1. The molecule has 1 saturated heterocycles. The topological polar surface area (TPSA) is 95.9 Å². The van der Waals surface area contributed by atoms with Gasteiger partial charge in [-0.2, -0.15) is 0 Å². The van der Waals surface area contributed by atoms with Gasteiger partial charge in [-0.1, -0.05) is 55.5 Å². The zero-order chi connectivity index (χ0) is 23.5. The number of piperidine rings is 1. The molecule has 2 aliphatic rings. The van der Waals surface area contributed by atoms with Gasteiger partial charge in [-0.3, -0.25) is 9.59 Å². The van der Waals surface area contributed by atoms with Crippen LogP contribution >= 0.6 is 0 Å². The molecule has 7 nitrogen and oxygen atoms in total. The van der Waals surface area contributed by atoms with E-state index in [1.54, 1.807) is 11.8 Å². The summed E-state index contributed by atoms with van der Waals surface area (Å²) < 4.78 is 5.55. The van der Waals surface area contributed by atoms with Crippen molar-refractivity contribution in [3.05, 3.63) is 59.7 Å². The van der Waals surface area contributed by atoms with E-state index in [1.165, 1.54) is 0 Å². The van der Waals surface area contributed by atoms with Crippen LogP contribution in [-0.2, 0) is 14.3 Å². The molecule has 2 aromatic carbocycles. The van der Waals surface area contributed by atoms with Crippen LogP contribution in [0.2, 0.25) is 0 Å². The average molecular weight is 451 g/mol. The van der Waals surface area contributed by atoms with Gasteiger partial charge in [0, 0.05) is 31.5 Å². The molecule has 2 unspecified atom stereocenters. The second kappa shape index (κ2) is 9.65. The zero-order valence-electron chi connectivity index (χ0n) is 19.0. The normalized spacial score (nSPS) is 20.5. The predicted molar refractivity (Wildman–Crippen MR) is 124 cm³/mol. The molecule has 33 heavy (non-hydrogen) atoms. The summed E-state index contributed by atoms with van der Waals surface area (Å²) in [5.41, 5.74) is 4.61. The molecule has 0 spiro atoms. The van der Waals surface area contributed by atoms with E-state index >= 15 is 0 Å². The van der Waals surface area contributed by atoms with Gasteiger partial charge in [0.25, 0.3) is 0 Å². The molecule has 1 fully saturated rings. The summed E-state index contributed by atoms with van der Waals surface area (Å²) in [5, 5.41) is 12.1. The van der Waals surface area contributed by atoms with Crippen LogP contribution in [-0.4, -0.2) is 53.7 Å². The fraction of sp³-hybridized carbons (Fsp3) is 0.423. The van der Waals surface area contributed by atoms with Crippen LogP contribution in [0.3, 0.4) is 0 Å². The van der Waals surface area contributed by atoms with E-state index < -0.39 is 24.0 Å². The van der Waals surface area contributed by atoms with E-state index in [9.17, 15) is 19.5 Å². The van der Waals surface area contributed by atoms with Gasteiger partial charge in [0.1, 0.15) is 6.61 Å². The number of hydrogen-bond donors (Lipinski definition) is 2. The quantitative estimate of drug-likeness (QED) is 0.697. The first kappa shape index (κ1) is 22.8. The first-order chi connectivity index (χ1) is 15.8. The van der Waals surface area contributed by atoms with Crippen molar-refractivity contribution in [1.82, 2.24) is 10.2 Å². The highest BCUT2D eigenvalue weighted by Crippen LogP contribution is 2.44. The van der Waals surface area contributed by atoms with Crippen LogP contribution in [0.1, 0.15) is 43.7 Å². The minimum atomic E-state index is -0.871. The summed E-state index contributed by atoms with van der Waals surface area (Å²) in [7, 11) is 0. The minimum absolute atomic E-state index is 0.0246. The number of alkyl carbamates (subject to hydrolysis) is 1. The third-order valence-corrected chi connectivity index (χ3v) is 6.82. The van der Waals surface area contributed by atoms with Gasteiger partial charge in [0.15, 0.2) is 0 Å². The molecular weight excluding hydrogens is 420 g/mol. The van der Waals surface area contributed by atoms with Crippen LogP contribution in [0.4, 0.5) is 4.79 Å². The molecular formula is C26H30N2O5. The van der Waals surface area contributed by atoms with Gasteiger partial charge in [-0.15, -0.1) is 0 Å². The maximum Gasteiger partial charge on any atom is 0.407 e. The van der Waals surface area contributed by atoms with Crippen LogP contribution in [0, 0.1) is 11.8 Å². The lowest BCUT2D eigenvalue weighted by molar-refractivity contribution is -0.148. The first-order valence-corrected chi connectivity index (χ1v) is 11.5. The van der Waals surface area contributed by atoms with Crippen LogP contribution in [0.15, 0.2) is 48.5 Å². The monoisotopic (exact) mass is 450 g/mol. The molecule has 0 aromatic heterocycles. The van der Waals surface area contributed by atoms with E-state index in [-0.39, 0.29) is 37.3 Å². The van der Waals surface area contributed by atoms with Crippen molar-refractivity contribution < 1.29 is 24.2 Å². The molecule has 174 valence electrons. The Morgan fingerprint density at radius 1 is 1.09 bits per heavy atom. The van der Waals surface area contributed by atoms with E-state index in [4.69, 9.17) is 4.74 Å². The number of carboxylic acid groups (broad SMARTS) is 1. The van der Waals surface area contributed by atoms with Gasteiger partial charge >= 0.3 is 12.1 Å². The molecule has 0 saturated carbocycles. The number of carbonyl (C=O) groups is 3. The molecule has 2 amide bonds. The third-order valence-electron chi connectivity index (χ3n) is 6.82. The Kier molecular flexibility index (Phi) is 6.67. The Balaban J connectivity index is 1.30. The second-order valence-electron chi connectivity index (χ2n) is 9.13. The maximum absolute atomic E-state index is 12.6. The number of amides is 2. The van der Waals surface area contributed by atoms with Crippen LogP contribution in [0.25, 0.3) is 11.1 Å². The SMILES string of the molecule is CC1CCN(C(=O)C[C@@H](C)NC(=O)OCC2c3ccccc3-c3ccccc32)CC1C(=O)O. The number of likely N-dealkylation sites (tertiary alicyclic amines) is 1. The van der Waals surface area contributed by atoms with Gasteiger partial charge in [-0.25, -0.2) is 4.79 Å². The summed E-state index contributed by atoms with van der Waals surface area (Å²) in [4.78, 5) is 38.1. The molecule has 2 aromatic rings. The molecule has 0 bridgehead atoms. The van der Waals surface area contributed by atoms with E-state index in [1.807, 2.05) is 31.2 Å². The van der Waals surface area contributed by atoms with Crippen molar-refractivity contribution in [3.63, 3.8) is 0 Å². The van der Waals surface area contributed by atoms with Crippen molar-refractivity contribution in [1.29, 1.82) is 0 Å². The molecule has 0 radical (unpaired) electrons. The number of carbonyl (C=O) groups excluding carboxylic acids is 2. The highest BCUT2D eigenvalue weighted by atomic mass is 16.5. The van der Waals surface area contributed by atoms with Gasteiger partial charge in [0.2, 0.25) is 5.91 Å². The summed E-state index contributed by atoms with van der Waals surface area (Å²) >= 11 is 0. The highest BCUT2D eigenvalue weighted by Gasteiger charge is 2.34. The van der Waals surface area contributed by atoms with E-state index in [0.717, 1.165) is 22.3 Å². The fourth-order valence-corrected chi connectivity index (χ4v) is 4.90. The lowest BCUT2D eigenvalue weighted by atomic mass is 9.87. The average Bonchev–Trinajstić information content (AvgIpc) is 3.11. The molecule has 2 N–H and O–H groups in total. The number of nitrogens with one attached hydrogen (secondary N) is 1. The zero-order valence-corrected chi connectivity index (χ0v) is 19.0. The van der Waals surface area contributed by atoms with Gasteiger partial charge < -0.3 is 20.1 Å². The number of ether oxygens (including phenoxy) is 1. The summed E-state index contributed by atoms with van der Waals surface area (Å²) in [5.74, 6) is -1.55. The largest absolute Gasteiger partial charge is 0.481 e. The Morgan fingerprint density at radius 3 is 2.30 bits per heavy atom. The van der Waals surface area contributed by atoms with E-state index in [0.29, 0.717) is 13.0 Å². The van der Waals surface area contributed by atoms with Gasteiger partial charge in [0.05, 0.1) is 5.92 Å². The predicted octanol–water partition coefficient (Wildman–Crippen LogP) is 3.87. The van der Waals surface area contributed by atoms with Crippen LogP contribution < -0.4 is 5.32 Å². The summed E-state index contributed by atoms with van der Waals surface area (Å²) in [6, 6.07) is 15.9. The van der Waals surface area contributed by atoms with Crippen molar-refractivity contribution in [2.75, 3.05) is 19.7 Å². The lowest BCUT2D eigenvalue weighted by Gasteiger charge is -2.35. The minimum Gasteiger partial charge on any atom is -0.481 e. The van der Waals surface area contributed by atoms with Crippen LogP contribution in [0.5, 0.6) is 0 Å². The number of nitrogens with zero attached hydrogens (tertiary/aromatic N) is 1. The smallest absolute Gasteiger partial charge is 0.407 e. The molecule has 1 aliphatic heterocycles.